The highest BCUT2D eigenvalue weighted by molar-refractivity contribution is 7.99. The fourth-order valence-corrected chi connectivity index (χ4v) is 4.16. The van der Waals surface area contributed by atoms with Crippen LogP contribution in [-0.4, -0.2) is 52.9 Å². The first kappa shape index (κ1) is 17.9. The van der Waals surface area contributed by atoms with Gasteiger partial charge < -0.3 is 9.47 Å². The molecule has 2 heterocycles. The molecule has 7 heteroatoms. The van der Waals surface area contributed by atoms with Crippen molar-refractivity contribution in [2.75, 3.05) is 43.4 Å². The predicted molar refractivity (Wildman–Crippen MR) is 104 cm³/mol. The van der Waals surface area contributed by atoms with Gasteiger partial charge in [0.25, 0.3) is 0 Å². The Labute approximate surface area is 157 Å². The predicted octanol–water partition coefficient (Wildman–Crippen LogP) is 4.03. The monoisotopic (exact) mass is 384 g/mol. The Morgan fingerprint density at radius 3 is 2.67 bits per heavy atom. The van der Waals surface area contributed by atoms with E-state index in [9.17, 15) is 0 Å². The summed E-state index contributed by atoms with van der Waals surface area (Å²) in [6.45, 7) is 5.25. The van der Waals surface area contributed by atoms with Crippen molar-refractivity contribution in [1.29, 1.82) is 0 Å². The molecule has 0 spiro atoms. The minimum atomic E-state index is 0.628. The Morgan fingerprint density at radius 2 is 1.96 bits per heavy atom. The number of halogens is 2. The van der Waals surface area contributed by atoms with Crippen molar-refractivity contribution in [3.63, 3.8) is 0 Å². The molecule has 1 aliphatic rings. The number of piperazine rings is 1. The van der Waals surface area contributed by atoms with Crippen molar-refractivity contribution in [2.24, 2.45) is 7.05 Å². The van der Waals surface area contributed by atoms with E-state index in [0.717, 1.165) is 49.3 Å². The second-order valence-corrected chi connectivity index (χ2v) is 7.77. The van der Waals surface area contributed by atoms with E-state index in [0.29, 0.717) is 10.0 Å². The third-order valence-electron chi connectivity index (χ3n) is 4.27. The number of thioether (sulfide) groups is 1. The summed E-state index contributed by atoms with van der Waals surface area (Å²) in [7, 11) is 2.04. The second kappa shape index (κ2) is 8.48. The lowest BCUT2D eigenvalue weighted by Crippen LogP contribution is -2.46. The lowest BCUT2D eigenvalue weighted by atomic mass is 10.2. The average Bonchev–Trinajstić information content (AvgIpc) is 3.00. The molecule has 130 valence electrons. The number of benzene rings is 1. The van der Waals surface area contributed by atoms with Gasteiger partial charge in [0.15, 0.2) is 5.16 Å². The van der Waals surface area contributed by atoms with Gasteiger partial charge in [0.05, 0.1) is 15.7 Å². The molecular weight excluding hydrogens is 363 g/mol. The van der Waals surface area contributed by atoms with Crippen LogP contribution in [0.5, 0.6) is 0 Å². The van der Waals surface area contributed by atoms with E-state index < -0.39 is 0 Å². The molecule has 0 unspecified atom stereocenters. The SMILES string of the molecule is Cn1ccnc1SCCCN1CCN(c2cccc(Cl)c2Cl)CC1. The Morgan fingerprint density at radius 1 is 1.17 bits per heavy atom. The first-order chi connectivity index (χ1) is 11.6. The van der Waals surface area contributed by atoms with Gasteiger partial charge in [0.1, 0.15) is 0 Å². The Balaban J connectivity index is 1.41. The molecule has 2 aromatic rings. The van der Waals surface area contributed by atoms with Gasteiger partial charge in [-0.05, 0) is 25.1 Å². The van der Waals surface area contributed by atoms with E-state index in [4.69, 9.17) is 23.2 Å². The highest BCUT2D eigenvalue weighted by atomic mass is 35.5. The molecule has 1 aliphatic heterocycles. The molecule has 0 saturated carbocycles. The molecule has 4 nitrogen and oxygen atoms in total. The van der Waals surface area contributed by atoms with Gasteiger partial charge in [-0.3, -0.25) is 4.90 Å². The number of nitrogens with zero attached hydrogens (tertiary/aromatic N) is 4. The maximum atomic E-state index is 6.33. The normalized spacial score (nSPS) is 15.9. The van der Waals surface area contributed by atoms with Gasteiger partial charge >= 0.3 is 0 Å². The second-order valence-electron chi connectivity index (χ2n) is 5.92. The van der Waals surface area contributed by atoms with Crippen LogP contribution >= 0.6 is 35.0 Å². The number of rotatable bonds is 6. The van der Waals surface area contributed by atoms with E-state index in [-0.39, 0.29) is 0 Å². The molecule has 0 atom stereocenters. The van der Waals surface area contributed by atoms with Crippen LogP contribution in [0.3, 0.4) is 0 Å². The third-order valence-corrected chi connectivity index (χ3v) is 6.22. The first-order valence-electron chi connectivity index (χ1n) is 8.16. The van der Waals surface area contributed by atoms with Gasteiger partial charge in [-0.25, -0.2) is 4.98 Å². The summed E-state index contributed by atoms with van der Waals surface area (Å²) < 4.78 is 2.07. The summed E-state index contributed by atoms with van der Waals surface area (Å²) in [4.78, 5) is 9.19. The minimum absolute atomic E-state index is 0.628. The largest absolute Gasteiger partial charge is 0.368 e. The van der Waals surface area contributed by atoms with Crippen LogP contribution in [0, 0.1) is 0 Å². The van der Waals surface area contributed by atoms with E-state index in [1.807, 2.05) is 49.4 Å². The molecule has 3 rings (SSSR count). The zero-order chi connectivity index (χ0) is 16.9. The molecule has 24 heavy (non-hydrogen) atoms. The third kappa shape index (κ3) is 4.39. The number of anilines is 1. The van der Waals surface area contributed by atoms with Crippen LogP contribution in [-0.2, 0) is 7.05 Å². The van der Waals surface area contributed by atoms with Crippen LogP contribution in [0.2, 0.25) is 10.0 Å². The fourth-order valence-electron chi connectivity index (χ4n) is 2.89. The van der Waals surface area contributed by atoms with E-state index >= 15 is 0 Å². The summed E-state index contributed by atoms with van der Waals surface area (Å²) in [6.07, 6.45) is 5.01. The molecule has 1 aromatic carbocycles. The number of aryl methyl sites for hydroxylation is 1. The standard InChI is InChI=1S/C17H22Cl2N4S/c1-21-8-6-20-17(21)24-13-3-7-22-9-11-23(12-10-22)15-5-2-4-14(18)16(15)19/h2,4-6,8H,3,7,9-13H2,1H3. The summed E-state index contributed by atoms with van der Waals surface area (Å²) >= 11 is 14.3. The first-order valence-corrected chi connectivity index (χ1v) is 9.91. The lowest BCUT2D eigenvalue weighted by molar-refractivity contribution is 0.259. The van der Waals surface area contributed by atoms with Crippen LogP contribution in [0.1, 0.15) is 6.42 Å². The zero-order valence-electron chi connectivity index (χ0n) is 13.8. The summed E-state index contributed by atoms with van der Waals surface area (Å²) in [6, 6.07) is 5.85. The Bertz CT molecular complexity index is 668. The average molecular weight is 385 g/mol. The highest BCUT2D eigenvalue weighted by Gasteiger charge is 2.19. The van der Waals surface area contributed by atoms with E-state index in [1.165, 1.54) is 6.42 Å². The maximum absolute atomic E-state index is 6.33. The van der Waals surface area contributed by atoms with Crippen LogP contribution < -0.4 is 4.90 Å². The molecule has 1 saturated heterocycles. The van der Waals surface area contributed by atoms with Gasteiger partial charge in [0.2, 0.25) is 0 Å². The topological polar surface area (TPSA) is 24.3 Å². The fraction of sp³-hybridized carbons (Fsp3) is 0.471. The molecule has 1 aromatic heterocycles. The van der Waals surface area contributed by atoms with Crippen molar-refractivity contribution in [1.82, 2.24) is 14.5 Å². The van der Waals surface area contributed by atoms with E-state index in [2.05, 4.69) is 19.4 Å². The summed E-state index contributed by atoms with van der Waals surface area (Å²) in [5, 5.41) is 2.39. The van der Waals surface area contributed by atoms with Crippen LogP contribution in [0.4, 0.5) is 5.69 Å². The molecule has 0 amide bonds. The van der Waals surface area contributed by atoms with Crippen molar-refractivity contribution in [3.8, 4) is 0 Å². The number of aromatic nitrogens is 2. The van der Waals surface area contributed by atoms with Crippen LogP contribution in [0.15, 0.2) is 35.7 Å². The molecule has 1 fully saturated rings. The zero-order valence-corrected chi connectivity index (χ0v) is 16.1. The minimum Gasteiger partial charge on any atom is -0.368 e. The smallest absolute Gasteiger partial charge is 0.167 e. The van der Waals surface area contributed by atoms with Crippen LogP contribution in [0.25, 0.3) is 0 Å². The number of hydrogen-bond donors (Lipinski definition) is 0. The van der Waals surface area contributed by atoms with Crippen molar-refractivity contribution in [3.05, 3.63) is 40.6 Å². The van der Waals surface area contributed by atoms with Gasteiger partial charge in [-0.15, -0.1) is 0 Å². The molecule has 0 radical (unpaired) electrons. The Hall–Kier alpha value is -0.880. The maximum Gasteiger partial charge on any atom is 0.167 e. The molecule has 0 N–H and O–H groups in total. The van der Waals surface area contributed by atoms with Gasteiger partial charge in [0, 0.05) is 51.4 Å². The van der Waals surface area contributed by atoms with Crippen molar-refractivity contribution >= 4 is 40.7 Å². The number of hydrogen-bond acceptors (Lipinski definition) is 4. The summed E-state index contributed by atoms with van der Waals surface area (Å²) in [5.74, 6) is 1.10. The lowest BCUT2D eigenvalue weighted by Gasteiger charge is -2.36. The summed E-state index contributed by atoms with van der Waals surface area (Å²) in [5.41, 5.74) is 1.05. The van der Waals surface area contributed by atoms with Crippen molar-refractivity contribution < 1.29 is 0 Å². The van der Waals surface area contributed by atoms with E-state index in [1.54, 1.807) is 0 Å². The molecule has 0 aliphatic carbocycles. The number of imidazole rings is 1. The van der Waals surface area contributed by atoms with Gasteiger partial charge in [-0.1, -0.05) is 41.0 Å². The van der Waals surface area contributed by atoms with Gasteiger partial charge in [-0.2, -0.15) is 0 Å². The van der Waals surface area contributed by atoms with Crippen molar-refractivity contribution in [2.45, 2.75) is 11.6 Å². The Kier molecular flexibility index (Phi) is 6.33. The highest BCUT2D eigenvalue weighted by Crippen LogP contribution is 2.32. The molecular formula is C17H22Cl2N4S. The quantitative estimate of drug-likeness (QED) is 0.554. The molecule has 0 bridgehead atoms.